The molecule has 1 N–H and O–H groups in total. The zero-order chi connectivity index (χ0) is 14.9. The van der Waals surface area contributed by atoms with Crippen LogP contribution in [0.25, 0.3) is 0 Å². The van der Waals surface area contributed by atoms with Crippen molar-refractivity contribution in [2.45, 2.75) is 19.4 Å². The van der Waals surface area contributed by atoms with Gasteiger partial charge in [-0.2, -0.15) is 0 Å². The van der Waals surface area contributed by atoms with Gasteiger partial charge in [-0.05, 0) is 24.7 Å². The van der Waals surface area contributed by atoms with Gasteiger partial charge in [-0.3, -0.25) is 9.69 Å². The van der Waals surface area contributed by atoms with Gasteiger partial charge in [-0.25, -0.2) is 0 Å². The van der Waals surface area contributed by atoms with Gasteiger partial charge in [0.2, 0.25) is 0 Å². The Morgan fingerprint density at radius 2 is 1.57 bits per heavy atom. The maximum absolute atomic E-state index is 13.0. The van der Waals surface area contributed by atoms with Crippen molar-refractivity contribution in [3.05, 3.63) is 65.7 Å². The van der Waals surface area contributed by atoms with Crippen LogP contribution in [-0.4, -0.2) is 23.9 Å². The number of hydrogen-bond donors (Lipinski definition) is 1. The molecule has 108 valence electrons. The van der Waals surface area contributed by atoms with Crippen LogP contribution < -0.4 is 5.32 Å². The zero-order valence-corrected chi connectivity index (χ0v) is 12.5. The zero-order valence-electron chi connectivity index (χ0n) is 12.5. The Hall–Kier alpha value is -2.13. The first-order chi connectivity index (χ1) is 10.2. The van der Waals surface area contributed by atoms with Crippen molar-refractivity contribution in [2.75, 3.05) is 18.4 Å². The summed E-state index contributed by atoms with van der Waals surface area (Å²) in [5.74, 6) is 0.0404. The Morgan fingerprint density at radius 1 is 0.952 bits per heavy atom. The second-order valence-corrected chi connectivity index (χ2v) is 5.25. The highest BCUT2D eigenvalue weighted by molar-refractivity contribution is 6.08. The van der Waals surface area contributed by atoms with Crippen LogP contribution in [0.3, 0.4) is 0 Å². The molecule has 1 unspecified atom stereocenters. The standard InChI is InChI=1S/C18H20N2O/c1-3-20(4-2)18(14-10-6-5-7-11-14)15-12-8-9-13-16(15)19-17(18)21/h5-13H,3-4H2,1-2H3,(H,19,21). The number of benzene rings is 2. The third kappa shape index (κ3) is 1.88. The second-order valence-electron chi connectivity index (χ2n) is 5.25. The van der Waals surface area contributed by atoms with Gasteiger partial charge in [0.05, 0.1) is 0 Å². The fourth-order valence-electron chi connectivity index (χ4n) is 3.40. The lowest BCUT2D eigenvalue weighted by Gasteiger charge is -2.39. The number of likely N-dealkylation sites (N-methyl/N-ethyl adjacent to an activating group) is 1. The number of fused-ring (bicyclic) bond motifs is 1. The van der Waals surface area contributed by atoms with Gasteiger partial charge in [-0.1, -0.05) is 62.4 Å². The third-order valence-electron chi connectivity index (χ3n) is 4.32. The molecule has 0 aliphatic carbocycles. The number of carbonyl (C=O) groups is 1. The Morgan fingerprint density at radius 3 is 2.24 bits per heavy atom. The van der Waals surface area contributed by atoms with Crippen molar-refractivity contribution in [2.24, 2.45) is 0 Å². The molecule has 0 radical (unpaired) electrons. The molecule has 21 heavy (non-hydrogen) atoms. The first-order valence-electron chi connectivity index (χ1n) is 7.46. The minimum Gasteiger partial charge on any atom is -0.324 e. The van der Waals surface area contributed by atoms with E-state index in [-0.39, 0.29) is 5.91 Å². The van der Waals surface area contributed by atoms with Crippen LogP contribution in [0, 0.1) is 0 Å². The van der Waals surface area contributed by atoms with E-state index in [1.165, 1.54) is 0 Å². The van der Waals surface area contributed by atoms with Crippen LogP contribution in [-0.2, 0) is 10.3 Å². The van der Waals surface area contributed by atoms with E-state index in [4.69, 9.17) is 0 Å². The molecule has 0 fully saturated rings. The quantitative estimate of drug-likeness (QED) is 0.932. The van der Waals surface area contributed by atoms with E-state index in [1.807, 2.05) is 48.5 Å². The van der Waals surface area contributed by atoms with Crippen molar-refractivity contribution in [3.8, 4) is 0 Å². The van der Waals surface area contributed by atoms with E-state index < -0.39 is 5.54 Å². The summed E-state index contributed by atoms with van der Waals surface area (Å²) in [5.41, 5.74) is 2.26. The minimum atomic E-state index is -0.721. The van der Waals surface area contributed by atoms with E-state index >= 15 is 0 Å². The third-order valence-corrected chi connectivity index (χ3v) is 4.32. The molecule has 0 saturated heterocycles. The van der Waals surface area contributed by atoms with Gasteiger partial charge in [-0.15, -0.1) is 0 Å². The highest BCUT2D eigenvalue weighted by atomic mass is 16.2. The van der Waals surface area contributed by atoms with E-state index in [9.17, 15) is 4.79 Å². The van der Waals surface area contributed by atoms with E-state index in [2.05, 4.69) is 30.1 Å². The average Bonchev–Trinajstić information content (AvgIpc) is 2.83. The predicted molar refractivity (Wildman–Crippen MR) is 85.2 cm³/mol. The maximum atomic E-state index is 13.0. The van der Waals surface area contributed by atoms with Gasteiger partial charge in [0.25, 0.3) is 5.91 Å². The molecule has 1 amide bonds. The lowest BCUT2D eigenvalue weighted by atomic mass is 9.82. The highest BCUT2D eigenvalue weighted by Gasteiger charge is 2.51. The van der Waals surface area contributed by atoms with Crippen molar-refractivity contribution in [1.29, 1.82) is 0 Å². The summed E-state index contributed by atoms with van der Waals surface area (Å²) in [6.45, 7) is 5.82. The molecular formula is C18H20N2O. The molecule has 3 rings (SSSR count). The number of hydrogen-bond acceptors (Lipinski definition) is 2. The van der Waals surface area contributed by atoms with E-state index in [0.717, 1.165) is 29.9 Å². The smallest absolute Gasteiger partial charge is 0.254 e. The Bertz CT molecular complexity index is 649. The summed E-state index contributed by atoms with van der Waals surface area (Å²) in [4.78, 5) is 15.2. The topological polar surface area (TPSA) is 32.3 Å². The molecule has 0 aromatic heterocycles. The Kier molecular flexibility index (Phi) is 3.52. The molecule has 1 aliphatic heterocycles. The van der Waals surface area contributed by atoms with Crippen LogP contribution >= 0.6 is 0 Å². The number of anilines is 1. The molecule has 1 heterocycles. The first kappa shape index (κ1) is 13.8. The number of rotatable bonds is 4. The molecular weight excluding hydrogens is 260 g/mol. The van der Waals surface area contributed by atoms with Gasteiger partial charge in [0.15, 0.2) is 5.54 Å². The van der Waals surface area contributed by atoms with Gasteiger partial charge in [0.1, 0.15) is 0 Å². The summed E-state index contributed by atoms with van der Waals surface area (Å²) in [5, 5.41) is 3.06. The van der Waals surface area contributed by atoms with E-state index in [0.29, 0.717) is 0 Å². The van der Waals surface area contributed by atoms with E-state index in [1.54, 1.807) is 0 Å². The fourth-order valence-corrected chi connectivity index (χ4v) is 3.40. The molecule has 1 atom stereocenters. The SMILES string of the molecule is CCN(CC)C1(c2ccccc2)C(=O)Nc2ccccc21. The van der Waals surface area contributed by atoms with Crippen LogP contribution in [0.15, 0.2) is 54.6 Å². The molecule has 1 aliphatic rings. The molecule has 3 heteroatoms. The van der Waals surface area contributed by atoms with Crippen molar-refractivity contribution >= 4 is 11.6 Å². The number of nitrogens with zero attached hydrogens (tertiary/aromatic N) is 1. The largest absolute Gasteiger partial charge is 0.324 e. The summed E-state index contributed by atoms with van der Waals surface area (Å²) < 4.78 is 0. The second kappa shape index (κ2) is 5.34. The maximum Gasteiger partial charge on any atom is 0.254 e. The van der Waals surface area contributed by atoms with Crippen LogP contribution in [0.2, 0.25) is 0 Å². The molecule has 2 aromatic carbocycles. The summed E-state index contributed by atoms with van der Waals surface area (Å²) in [6.07, 6.45) is 0. The Balaban J connectivity index is 2.30. The number of carbonyl (C=O) groups excluding carboxylic acids is 1. The molecule has 0 bridgehead atoms. The van der Waals surface area contributed by atoms with Gasteiger partial charge < -0.3 is 5.32 Å². The summed E-state index contributed by atoms with van der Waals surface area (Å²) in [7, 11) is 0. The van der Waals surface area contributed by atoms with Crippen molar-refractivity contribution in [1.82, 2.24) is 4.90 Å². The lowest BCUT2D eigenvalue weighted by molar-refractivity contribution is -0.125. The molecule has 0 spiro atoms. The van der Waals surface area contributed by atoms with Crippen LogP contribution in [0.5, 0.6) is 0 Å². The highest BCUT2D eigenvalue weighted by Crippen LogP contribution is 2.44. The normalized spacial score (nSPS) is 20.4. The summed E-state index contributed by atoms with van der Waals surface area (Å²) in [6, 6.07) is 18.0. The molecule has 3 nitrogen and oxygen atoms in total. The average molecular weight is 280 g/mol. The van der Waals surface area contributed by atoms with Crippen molar-refractivity contribution < 1.29 is 4.79 Å². The predicted octanol–water partition coefficient (Wildman–Crippen LogP) is 3.22. The van der Waals surface area contributed by atoms with Gasteiger partial charge >= 0.3 is 0 Å². The Labute approximate surface area is 125 Å². The van der Waals surface area contributed by atoms with Gasteiger partial charge in [0, 0.05) is 11.3 Å². The number of para-hydroxylation sites is 1. The van der Waals surface area contributed by atoms with Crippen molar-refractivity contribution in [3.63, 3.8) is 0 Å². The number of nitrogens with one attached hydrogen (secondary N) is 1. The van der Waals surface area contributed by atoms with Crippen LogP contribution in [0.4, 0.5) is 5.69 Å². The van der Waals surface area contributed by atoms with Crippen LogP contribution in [0.1, 0.15) is 25.0 Å². The molecule has 2 aromatic rings. The monoisotopic (exact) mass is 280 g/mol. The molecule has 0 saturated carbocycles. The fraction of sp³-hybridized carbons (Fsp3) is 0.278. The summed E-state index contributed by atoms with van der Waals surface area (Å²) >= 11 is 0. The lowest BCUT2D eigenvalue weighted by Crippen LogP contribution is -2.51. The minimum absolute atomic E-state index is 0.0404. The first-order valence-corrected chi connectivity index (χ1v) is 7.46. The number of amides is 1.